The third-order valence-corrected chi connectivity index (χ3v) is 4.60. The molecule has 0 spiro atoms. The molecule has 0 bridgehead atoms. The van der Waals surface area contributed by atoms with Crippen molar-refractivity contribution in [3.8, 4) is 0 Å². The number of likely N-dealkylation sites (tertiary alicyclic amines) is 1. The predicted molar refractivity (Wildman–Crippen MR) is 75.9 cm³/mol. The van der Waals surface area contributed by atoms with Crippen LogP contribution >= 0.6 is 11.3 Å². The maximum Gasteiger partial charge on any atom is 0.326 e. The zero-order chi connectivity index (χ0) is 14.7. The van der Waals surface area contributed by atoms with Crippen LogP contribution in [-0.4, -0.2) is 41.6 Å². The van der Waals surface area contributed by atoms with Crippen LogP contribution in [0.15, 0.2) is 11.4 Å². The summed E-state index contributed by atoms with van der Waals surface area (Å²) in [6.45, 7) is 2.90. The zero-order valence-corrected chi connectivity index (χ0v) is 12.5. The lowest BCUT2D eigenvalue weighted by Crippen LogP contribution is -2.49. The molecule has 20 heavy (non-hydrogen) atoms. The van der Waals surface area contributed by atoms with Crippen molar-refractivity contribution in [1.29, 1.82) is 0 Å². The molecule has 1 aromatic heterocycles. The van der Waals surface area contributed by atoms with E-state index in [1.165, 1.54) is 16.2 Å². The summed E-state index contributed by atoms with van der Waals surface area (Å²) in [5, 5.41) is 11.2. The van der Waals surface area contributed by atoms with Crippen LogP contribution in [0.25, 0.3) is 0 Å². The van der Waals surface area contributed by atoms with Crippen LogP contribution in [0.1, 0.15) is 35.0 Å². The monoisotopic (exact) mass is 297 g/mol. The highest BCUT2D eigenvalue weighted by Crippen LogP contribution is 2.27. The number of carboxylic acid groups (broad SMARTS) is 1. The second-order valence-electron chi connectivity index (χ2n) is 5.19. The van der Waals surface area contributed by atoms with Crippen LogP contribution in [0, 0.1) is 5.92 Å². The van der Waals surface area contributed by atoms with E-state index in [1.54, 1.807) is 7.11 Å². The first-order valence-electron chi connectivity index (χ1n) is 6.63. The maximum absolute atomic E-state index is 12.6. The fraction of sp³-hybridized carbons (Fsp3) is 0.571. The first-order chi connectivity index (χ1) is 9.54. The molecule has 0 saturated carbocycles. The van der Waals surface area contributed by atoms with Gasteiger partial charge in [-0.1, -0.05) is 6.92 Å². The van der Waals surface area contributed by atoms with E-state index in [9.17, 15) is 14.7 Å². The smallest absolute Gasteiger partial charge is 0.326 e. The Bertz CT molecular complexity index is 499. The third kappa shape index (κ3) is 3.02. The molecular formula is C14H19NO4S. The summed E-state index contributed by atoms with van der Waals surface area (Å²) in [6, 6.07) is 1.13. The molecule has 1 fully saturated rings. The minimum absolute atomic E-state index is 0.189. The highest BCUT2D eigenvalue weighted by molar-refractivity contribution is 7.12. The van der Waals surface area contributed by atoms with Crippen molar-refractivity contribution in [2.45, 2.75) is 32.4 Å². The normalized spacial score (nSPS) is 22.8. The van der Waals surface area contributed by atoms with Crippen LogP contribution in [-0.2, 0) is 16.1 Å². The molecule has 2 heterocycles. The van der Waals surface area contributed by atoms with E-state index < -0.39 is 12.0 Å². The molecule has 2 atom stereocenters. The van der Waals surface area contributed by atoms with Gasteiger partial charge in [0.05, 0.1) is 11.5 Å². The van der Waals surface area contributed by atoms with E-state index in [0.29, 0.717) is 30.4 Å². The van der Waals surface area contributed by atoms with Crippen molar-refractivity contribution >= 4 is 23.2 Å². The summed E-state index contributed by atoms with van der Waals surface area (Å²) >= 11 is 1.34. The Labute approximate surface area is 122 Å². The molecule has 0 aliphatic carbocycles. The number of carbonyl (C=O) groups is 2. The lowest BCUT2D eigenvalue weighted by atomic mass is 9.92. The summed E-state index contributed by atoms with van der Waals surface area (Å²) in [7, 11) is 1.58. The van der Waals surface area contributed by atoms with Gasteiger partial charge in [-0.25, -0.2) is 4.79 Å². The van der Waals surface area contributed by atoms with Gasteiger partial charge in [0.15, 0.2) is 0 Å². The second kappa shape index (κ2) is 6.37. The van der Waals surface area contributed by atoms with Gasteiger partial charge in [-0.2, -0.15) is 0 Å². The Morgan fingerprint density at radius 3 is 2.95 bits per heavy atom. The summed E-state index contributed by atoms with van der Waals surface area (Å²) in [4.78, 5) is 26.1. The number of thiophene rings is 1. The molecule has 1 amide bonds. The van der Waals surface area contributed by atoms with Gasteiger partial charge in [0.2, 0.25) is 0 Å². The molecule has 6 heteroatoms. The van der Waals surface area contributed by atoms with Gasteiger partial charge in [-0.15, -0.1) is 11.3 Å². The zero-order valence-electron chi connectivity index (χ0n) is 11.7. The number of amides is 1. The number of aliphatic carboxylic acids is 1. The standard InChI is InChI=1S/C14H19NO4S/c1-9-3-5-15(11(7-9)14(17)18)13(16)12-10(8-19-2)4-6-20-12/h4,6,9,11H,3,5,7-8H2,1-2H3,(H,17,18). The summed E-state index contributed by atoms with van der Waals surface area (Å²) in [5.41, 5.74) is 0.824. The average Bonchev–Trinajstić information content (AvgIpc) is 2.86. The van der Waals surface area contributed by atoms with Gasteiger partial charge < -0.3 is 14.7 Å². The van der Waals surface area contributed by atoms with Crippen LogP contribution < -0.4 is 0 Å². The van der Waals surface area contributed by atoms with Crippen molar-refractivity contribution in [2.24, 2.45) is 5.92 Å². The fourth-order valence-electron chi connectivity index (χ4n) is 2.54. The van der Waals surface area contributed by atoms with Gasteiger partial charge in [0, 0.05) is 19.2 Å². The number of carbonyl (C=O) groups excluding carboxylic acids is 1. The quantitative estimate of drug-likeness (QED) is 0.925. The minimum atomic E-state index is -0.922. The molecule has 0 aromatic carbocycles. The van der Waals surface area contributed by atoms with Crippen LogP contribution in [0.3, 0.4) is 0 Å². The first-order valence-corrected chi connectivity index (χ1v) is 7.51. The maximum atomic E-state index is 12.6. The molecule has 2 rings (SSSR count). The Hall–Kier alpha value is -1.40. The van der Waals surface area contributed by atoms with E-state index in [0.717, 1.165) is 12.0 Å². The number of hydrogen-bond acceptors (Lipinski definition) is 4. The number of rotatable bonds is 4. The molecule has 1 aliphatic rings. The van der Waals surface area contributed by atoms with Gasteiger partial charge in [0.1, 0.15) is 6.04 Å². The Morgan fingerprint density at radius 2 is 2.30 bits per heavy atom. The Balaban J connectivity index is 2.22. The summed E-state index contributed by atoms with van der Waals surface area (Å²) < 4.78 is 5.08. The number of ether oxygens (including phenoxy) is 1. The van der Waals surface area contributed by atoms with Crippen molar-refractivity contribution in [2.75, 3.05) is 13.7 Å². The molecular weight excluding hydrogens is 278 g/mol. The van der Waals surface area contributed by atoms with Crippen LogP contribution in [0.2, 0.25) is 0 Å². The first kappa shape index (κ1) is 15.0. The van der Waals surface area contributed by atoms with Crippen LogP contribution in [0.5, 0.6) is 0 Å². The predicted octanol–water partition coefficient (Wildman–Crippen LogP) is 2.22. The van der Waals surface area contributed by atoms with E-state index in [-0.39, 0.29) is 5.91 Å². The number of methoxy groups -OCH3 is 1. The lowest BCUT2D eigenvalue weighted by molar-refractivity contribution is -0.144. The number of piperidine rings is 1. The van der Waals surface area contributed by atoms with Crippen molar-refractivity contribution in [3.63, 3.8) is 0 Å². The average molecular weight is 297 g/mol. The molecule has 0 radical (unpaired) electrons. The molecule has 5 nitrogen and oxygen atoms in total. The molecule has 1 aliphatic heterocycles. The molecule has 1 aromatic rings. The van der Waals surface area contributed by atoms with E-state index in [2.05, 4.69) is 0 Å². The van der Waals surface area contributed by atoms with Gasteiger partial charge in [-0.3, -0.25) is 4.79 Å². The minimum Gasteiger partial charge on any atom is -0.480 e. The highest BCUT2D eigenvalue weighted by atomic mass is 32.1. The van der Waals surface area contributed by atoms with E-state index in [4.69, 9.17) is 4.74 Å². The lowest BCUT2D eigenvalue weighted by Gasteiger charge is -2.35. The SMILES string of the molecule is COCc1ccsc1C(=O)N1CCC(C)CC1C(=O)O. The van der Waals surface area contributed by atoms with Gasteiger partial charge in [0.25, 0.3) is 5.91 Å². The molecule has 2 unspecified atom stereocenters. The second-order valence-corrected chi connectivity index (χ2v) is 6.11. The van der Waals surface area contributed by atoms with Gasteiger partial charge in [-0.05, 0) is 30.2 Å². The Kier molecular flexibility index (Phi) is 4.77. The number of carboxylic acids is 1. The molecule has 1 N–H and O–H groups in total. The van der Waals surface area contributed by atoms with Crippen molar-refractivity contribution in [1.82, 2.24) is 4.90 Å². The van der Waals surface area contributed by atoms with E-state index >= 15 is 0 Å². The molecule has 110 valence electrons. The van der Waals surface area contributed by atoms with E-state index in [1.807, 2.05) is 18.4 Å². The van der Waals surface area contributed by atoms with Crippen molar-refractivity contribution < 1.29 is 19.4 Å². The number of hydrogen-bond donors (Lipinski definition) is 1. The Morgan fingerprint density at radius 1 is 1.55 bits per heavy atom. The third-order valence-electron chi connectivity index (χ3n) is 3.65. The topological polar surface area (TPSA) is 66.8 Å². The van der Waals surface area contributed by atoms with Gasteiger partial charge >= 0.3 is 5.97 Å². The largest absolute Gasteiger partial charge is 0.480 e. The highest BCUT2D eigenvalue weighted by Gasteiger charge is 2.36. The summed E-state index contributed by atoms with van der Waals surface area (Å²) in [6.07, 6.45) is 1.37. The molecule has 1 saturated heterocycles. The fourth-order valence-corrected chi connectivity index (χ4v) is 3.41. The van der Waals surface area contributed by atoms with Crippen LogP contribution in [0.4, 0.5) is 0 Å². The van der Waals surface area contributed by atoms with Crippen molar-refractivity contribution in [3.05, 3.63) is 21.9 Å². The number of nitrogens with zero attached hydrogens (tertiary/aromatic N) is 1. The summed E-state index contributed by atoms with van der Waals surface area (Å²) in [5.74, 6) is -0.775.